The average molecular weight is 507 g/mol. The number of carbonyl (C=O) groups is 2. The van der Waals surface area contributed by atoms with Gasteiger partial charge in [-0.15, -0.1) is 0 Å². The summed E-state index contributed by atoms with van der Waals surface area (Å²) in [5, 5.41) is 0. The van der Waals surface area contributed by atoms with Gasteiger partial charge in [-0.3, -0.25) is 9.59 Å². The Balaban J connectivity index is 1.57. The van der Waals surface area contributed by atoms with Gasteiger partial charge in [0.25, 0.3) is 5.91 Å². The van der Waals surface area contributed by atoms with Crippen molar-refractivity contribution in [2.45, 2.75) is 82.8 Å². The van der Waals surface area contributed by atoms with Crippen molar-refractivity contribution in [2.24, 2.45) is 0 Å². The summed E-state index contributed by atoms with van der Waals surface area (Å²) in [6.07, 6.45) is 10.2. The lowest BCUT2D eigenvalue weighted by Gasteiger charge is -2.40. The van der Waals surface area contributed by atoms with E-state index in [0.717, 1.165) is 82.2 Å². The molecule has 1 fully saturated rings. The minimum absolute atomic E-state index is 0.00238. The maximum Gasteiger partial charge on any atom is 0.257 e. The zero-order chi connectivity index (χ0) is 26.0. The highest BCUT2D eigenvalue weighted by Crippen LogP contribution is 2.31. The van der Waals surface area contributed by atoms with Crippen LogP contribution < -0.4 is 9.47 Å². The van der Waals surface area contributed by atoms with Crippen LogP contribution in [0.25, 0.3) is 0 Å². The number of para-hydroxylation sites is 2. The fourth-order valence-electron chi connectivity index (χ4n) is 5.72. The summed E-state index contributed by atoms with van der Waals surface area (Å²) in [5.74, 6) is 1.65. The Kier molecular flexibility index (Phi) is 9.86. The molecule has 0 aromatic heterocycles. The van der Waals surface area contributed by atoms with E-state index in [1.54, 1.807) is 7.11 Å². The molecule has 0 radical (unpaired) electrons. The maximum absolute atomic E-state index is 13.7. The van der Waals surface area contributed by atoms with E-state index in [1.165, 1.54) is 0 Å². The normalized spacial score (nSPS) is 21.6. The molecule has 0 bridgehead atoms. The van der Waals surface area contributed by atoms with E-state index in [-0.39, 0.29) is 24.0 Å². The summed E-state index contributed by atoms with van der Waals surface area (Å²) in [6, 6.07) is 15.5. The molecular formula is C31H42N2O4. The van der Waals surface area contributed by atoms with Gasteiger partial charge in [-0.05, 0) is 62.3 Å². The van der Waals surface area contributed by atoms with Crippen molar-refractivity contribution in [1.82, 2.24) is 9.80 Å². The monoisotopic (exact) mass is 506 g/mol. The molecule has 1 saturated carbocycles. The SMILES string of the molecule is COc1ccccc1CCC(=O)N1CCCCCCCN(C)C(=O)c2ccccc2O[C@H]2CCCC[C@H]21. The Morgan fingerprint density at radius 1 is 0.919 bits per heavy atom. The average Bonchev–Trinajstić information content (AvgIpc) is 2.93. The molecule has 6 nitrogen and oxygen atoms in total. The summed E-state index contributed by atoms with van der Waals surface area (Å²) in [7, 11) is 3.55. The number of rotatable bonds is 4. The van der Waals surface area contributed by atoms with Gasteiger partial charge in [0.05, 0.1) is 18.7 Å². The predicted octanol–water partition coefficient (Wildman–Crippen LogP) is 5.88. The first kappa shape index (κ1) is 27.0. The van der Waals surface area contributed by atoms with Crippen molar-refractivity contribution in [2.75, 3.05) is 27.2 Å². The summed E-state index contributed by atoms with van der Waals surface area (Å²) < 4.78 is 12.1. The van der Waals surface area contributed by atoms with Crippen molar-refractivity contribution in [3.05, 3.63) is 59.7 Å². The van der Waals surface area contributed by atoms with Crippen LogP contribution in [0.5, 0.6) is 11.5 Å². The molecule has 2 aromatic carbocycles. The van der Waals surface area contributed by atoms with Crippen LogP contribution in [0, 0.1) is 0 Å². The number of amides is 2. The molecule has 2 aromatic rings. The quantitative estimate of drug-likeness (QED) is 0.519. The fraction of sp³-hybridized carbons (Fsp3) is 0.548. The minimum atomic E-state index is -0.117. The number of carbonyl (C=O) groups excluding carboxylic acids is 2. The van der Waals surface area contributed by atoms with Crippen molar-refractivity contribution in [3.63, 3.8) is 0 Å². The lowest BCUT2D eigenvalue weighted by atomic mass is 9.90. The highest BCUT2D eigenvalue weighted by Gasteiger charge is 2.35. The van der Waals surface area contributed by atoms with Gasteiger partial charge in [-0.1, -0.05) is 56.0 Å². The maximum atomic E-state index is 13.7. The molecule has 200 valence electrons. The molecule has 1 aliphatic carbocycles. The van der Waals surface area contributed by atoms with Crippen molar-refractivity contribution in [1.29, 1.82) is 0 Å². The largest absolute Gasteiger partial charge is 0.496 e. The first-order chi connectivity index (χ1) is 18.1. The van der Waals surface area contributed by atoms with Crippen LogP contribution in [0.1, 0.15) is 80.1 Å². The van der Waals surface area contributed by atoms with E-state index in [1.807, 2.05) is 60.5 Å². The Morgan fingerprint density at radius 2 is 1.62 bits per heavy atom. The Hall–Kier alpha value is -3.02. The van der Waals surface area contributed by atoms with Crippen LogP contribution >= 0.6 is 0 Å². The molecule has 6 heteroatoms. The number of fused-ring (bicyclic) bond motifs is 2. The topological polar surface area (TPSA) is 59.1 Å². The van der Waals surface area contributed by atoms with E-state index < -0.39 is 0 Å². The van der Waals surface area contributed by atoms with Gasteiger partial charge in [0.15, 0.2) is 0 Å². The zero-order valence-corrected chi connectivity index (χ0v) is 22.5. The van der Waals surface area contributed by atoms with Crippen LogP contribution in [0.15, 0.2) is 48.5 Å². The Labute approximate surface area is 221 Å². The molecule has 2 atom stereocenters. The Bertz CT molecular complexity index is 1040. The third-order valence-electron chi connectivity index (χ3n) is 7.82. The summed E-state index contributed by atoms with van der Waals surface area (Å²) >= 11 is 0. The first-order valence-corrected chi connectivity index (χ1v) is 14.0. The highest BCUT2D eigenvalue weighted by atomic mass is 16.5. The third-order valence-corrected chi connectivity index (χ3v) is 7.82. The second-order valence-corrected chi connectivity index (χ2v) is 10.4. The van der Waals surface area contributed by atoms with Crippen molar-refractivity contribution in [3.8, 4) is 11.5 Å². The molecule has 0 N–H and O–H groups in total. The lowest BCUT2D eigenvalue weighted by molar-refractivity contribution is -0.136. The number of aryl methyl sites for hydroxylation is 1. The zero-order valence-electron chi connectivity index (χ0n) is 22.5. The number of hydrogen-bond acceptors (Lipinski definition) is 4. The van der Waals surface area contributed by atoms with Crippen LogP contribution in [-0.4, -0.2) is 61.0 Å². The van der Waals surface area contributed by atoms with Gasteiger partial charge in [-0.25, -0.2) is 0 Å². The van der Waals surface area contributed by atoms with Crippen LogP contribution in [0.4, 0.5) is 0 Å². The summed E-state index contributed by atoms with van der Waals surface area (Å²) in [5.41, 5.74) is 1.67. The molecule has 0 saturated heterocycles. The molecule has 2 amide bonds. The van der Waals surface area contributed by atoms with E-state index in [2.05, 4.69) is 4.90 Å². The summed E-state index contributed by atoms with van der Waals surface area (Å²) in [6.45, 7) is 1.50. The minimum Gasteiger partial charge on any atom is -0.496 e. The van der Waals surface area contributed by atoms with Gasteiger partial charge in [0.2, 0.25) is 5.91 Å². The van der Waals surface area contributed by atoms with Gasteiger partial charge >= 0.3 is 0 Å². The van der Waals surface area contributed by atoms with Gasteiger partial charge in [-0.2, -0.15) is 0 Å². The van der Waals surface area contributed by atoms with Crippen LogP contribution in [0.3, 0.4) is 0 Å². The second kappa shape index (κ2) is 13.5. The Morgan fingerprint density at radius 3 is 2.46 bits per heavy atom. The fourth-order valence-corrected chi connectivity index (χ4v) is 5.72. The van der Waals surface area contributed by atoms with Gasteiger partial charge in [0, 0.05) is 26.6 Å². The van der Waals surface area contributed by atoms with E-state index in [0.29, 0.717) is 24.2 Å². The third kappa shape index (κ3) is 7.06. The predicted molar refractivity (Wildman–Crippen MR) is 146 cm³/mol. The lowest BCUT2D eigenvalue weighted by Crippen LogP contribution is -2.51. The number of nitrogens with zero attached hydrogens (tertiary/aromatic N) is 2. The number of ether oxygens (including phenoxy) is 2. The molecule has 0 unspecified atom stereocenters. The van der Waals surface area contributed by atoms with Crippen molar-refractivity contribution >= 4 is 11.8 Å². The number of hydrogen-bond donors (Lipinski definition) is 0. The molecular weight excluding hydrogens is 464 g/mol. The molecule has 37 heavy (non-hydrogen) atoms. The summed E-state index contributed by atoms with van der Waals surface area (Å²) in [4.78, 5) is 30.9. The van der Waals surface area contributed by atoms with Crippen LogP contribution in [0.2, 0.25) is 0 Å². The number of methoxy groups -OCH3 is 1. The van der Waals surface area contributed by atoms with Crippen LogP contribution in [-0.2, 0) is 11.2 Å². The van der Waals surface area contributed by atoms with Gasteiger partial charge in [0.1, 0.15) is 17.6 Å². The molecule has 1 heterocycles. The highest BCUT2D eigenvalue weighted by molar-refractivity contribution is 5.96. The van der Waals surface area contributed by atoms with E-state index in [9.17, 15) is 9.59 Å². The molecule has 2 aliphatic rings. The smallest absolute Gasteiger partial charge is 0.257 e. The first-order valence-electron chi connectivity index (χ1n) is 14.0. The standard InChI is InChI=1S/C31H42N2O4/c1-32-22-12-4-3-5-13-23-33(30(34)21-20-24-14-6-9-17-27(24)36-2)26-16-8-11-19-29(26)37-28-18-10-7-15-25(28)31(32)35/h6-7,9-10,14-15,17-18,26,29H,3-5,8,11-13,16,19-23H2,1-2H3/t26-,29+/m1/s1. The molecule has 0 spiro atoms. The van der Waals surface area contributed by atoms with E-state index in [4.69, 9.17) is 9.47 Å². The van der Waals surface area contributed by atoms with Gasteiger partial charge < -0.3 is 19.3 Å². The molecule has 4 rings (SSSR count). The molecule has 1 aliphatic heterocycles. The second-order valence-electron chi connectivity index (χ2n) is 10.4. The van der Waals surface area contributed by atoms with E-state index >= 15 is 0 Å². The van der Waals surface area contributed by atoms with Crippen molar-refractivity contribution < 1.29 is 19.1 Å². The number of benzene rings is 2.